The second-order valence-corrected chi connectivity index (χ2v) is 9.42. The van der Waals surface area contributed by atoms with Crippen LogP contribution in [0.3, 0.4) is 0 Å². The third kappa shape index (κ3) is 10.8. The minimum absolute atomic E-state index is 0.0489. The highest BCUT2D eigenvalue weighted by molar-refractivity contribution is 7.98. The highest BCUT2D eigenvalue weighted by Gasteiger charge is 2.32. The molecule has 0 aliphatic heterocycles. The molecule has 0 spiro atoms. The fraction of sp³-hybridized carbons (Fsp3) is 0.522. The van der Waals surface area contributed by atoms with Crippen molar-refractivity contribution >= 4 is 41.4 Å². The summed E-state index contributed by atoms with van der Waals surface area (Å²) in [5.41, 5.74) is 11.8. The number of carbonyl (C=O) groups is 5. The Bertz CT molecular complexity index is 882. The van der Waals surface area contributed by atoms with E-state index in [1.165, 1.54) is 11.8 Å². The molecule has 8 N–H and O–H groups in total. The van der Waals surface area contributed by atoms with Crippen molar-refractivity contribution in [3.8, 4) is 0 Å². The van der Waals surface area contributed by atoms with Gasteiger partial charge < -0.3 is 32.5 Å². The molecule has 0 aromatic heterocycles. The van der Waals surface area contributed by atoms with Crippen LogP contribution in [0, 0.1) is 5.92 Å². The summed E-state index contributed by atoms with van der Waals surface area (Å²) in [5, 5.41) is 16.8. The quantitative estimate of drug-likeness (QED) is 0.180. The van der Waals surface area contributed by atoms with Crippen molar-refractivity contribution in [1.82, 2.24) is 16.0 Å². The highest BCUT2D eigenvalue weighted by atomic mass is 32.2. The molecule has 12 heteroatoms. The van der Waals surface area contributed by atoms with Gasteiger partial charge in [-0.1, -0.05) is 44.2 Å². The van der Waals surface area contributed by atoms with Crippen molar-refractivity contribution < 1.29 is 29.1 Å². The fourth-order valence-electron chi connectivity index (χ4n) is 3.16. The first kappa shape index (κ1) is 29.9. The van der Waals surface area contributed by atoms with Crippen LogP contribution < -0.4 is 27.4 Å². The lowest BCUT2D eigenvalue weighted by Crippen LogP contribution is -2.58. The second-order valence-electron chi connectivity index (χ2n) is 8.44. The number of thioether (sulfide) groups is 1. The normalized spacial score (nSPS) is 14.3. The van der Waals surface area contributed by atoms with Gasteiger partial charge in [0.1, 0.15) is 18.1 Å². The number of rotatable bonds is 15. The largest absolute Gasteiger partial charge is 0.480 e. The van der Waals surface area contributed by atoms with E-state index < -0.39 is 66.1 Å². The van der Waals surface area contributed by atoms with Crippen LogP contribution in [-0.2, 0) is 30.4 Å². The number of nitrogens with two attached hydrogens (primary N) is 2. The molecule has 11 nitrogen and oxygen atoms in total. The Kier molecular flexibility index (Phi) is 12.8. The number of hydrogen-bond donors (Lipinski definition) is 6. The molecule has 0 heterocycles. The fourth-order valence-corrected chi connectivity index (χ4v) is 3.65. The molecule has 4 amide bonds. The van der Waals surface area contributed by atoms with Crippen LogP contribution in [0.5, 0.6) is 0 Å². The molecular weight excluding hydrogens is 474 g/mol. The Balaban J connectivity index is 3.10. The van der Waals surface area contributed by atoms with Crippen LogP contribution in [0.15, 0.2) is 30.3 Å². The molecule has 1 aromatic carbocycles. The van der Waals surface area contributed by atoms with E-state index in [0.717, 1.165) is 0 Å². The average Bonchev–Trinajstić information content (AvgIpc) is 2.79. The van der Waals surface area contributed by atoms with E-state index in [2.05, 4.69) is 16.0 Å². The third-order valence-corrected chi connectivity index (χ3v) is 5.80. The third-order valence-electron chi connectivity index (χ3n) is 5.15. The molecule has 1 aromatic rings. The monoisotopic (exact) mass is 509 g/mol. The topological polar surface area (TPSA) is 194 Å². The molecule has 0 fully saturated rings. The van der Waals surface area contributed by atoms with Gasteiger partial charge in [0.15, 0.2) is 0 Å². The Morgan fingerprint density at radius 2 is 1.51 bits per heavy atom. The Hall–Kier alpha value is -3.12. The lowest BCUT2D eigenvalue weighted by molar-refractivity contribution is -0.143. The molecule has 4 unspecified atom stereocenters. The van der Waals surface area contributed by atoms with Crippen molar-refractivity contribution in [3.63, 3.8) is 0 Å². The van der Waals surface area contributed by atoms with Gasteiger partial charge in [-0.2, -0.15) is 11.8 Å². The Morgan fingerprint density at radius 1 is 0.943 bits per heavy atom. The van der Waals surface area contributed by atoms with Crippen LogP contribution in [-0.4, -0.2) is 70.9 Å². The van der Waals surface area contributed by atoms with Crippen molar-refractivity contribution in [2.24, 2.45) is 17.4 Å². The first-order valence-electron chi connectivity index (χ1n) is 11.2. The first-order chi connectivity index (χ1) is 16.5. The number of carboxylic acids is 1. The lowest BCUT2D eigenvalue weighted by Gasteiger charge is -2.26. The maximum absolute atomic E-state index is 13.0. The zero-order chi connectivity index (χ0) is 26.5. The zero-order valence-electron chi connectivity index (χ0n) is 20.2. The van der Waals surface area contributed by atoms with Crippen molar-refractivity contribution in [2.45, 2.75) is 57.3 Å². The van der Waals surface area contributed by atoms with E-state index in [1.807, 2.05) is 6.26 Å². The number of amides is 4. The van der Waals surface area contributed by atoms with Crippen molar-refractivity contribution in [3.05, 3.63) is 35.9 Å². The maximum Gasteiger partial charge on any atom is 0.326 e. The van der Waals surface area contributed by atoms with Gasteiger partial charge in [0.2, 0.25) is 23.6 Å². The van der Waals surface area contributed by atoms with E-state index in [1.54, 1.807) is 44.2 Å². The molecule has 35 heavy (non-hydrogen) atoms. The summed E-state index contributed by atoms with van der Waals surface area (Å²) in [6, 6.07) is 4.20. The van der Waals surface area contributed by atoms with Gasteiger partial charge >= 0.3 is 5.97 Å². The van der Waals surface area contributed by atoms with Gasteiger partial charge in [-0.25, -0.2) is 4.79 Å². The van der Waals surface area contributed by atoms with Crippen LogP contribution in [0.25, 0.3) is 0 Å². The van der Waals surface area contributed by atoms with Crippen LogP contribution >= 0.6 is 11.8 Å². The Labute approximate surface area is 209 Å². The SMILES string of the molecule is CSCCC(N)C(=O)NC(CC(N)=O)C(=O)NC(Cc1ccccc1)C(=O)NC(C(=O)O)C(C)C. The van der Waals surface area contributed by atoms with E-state index in [9.17, 15) is 29.1 Å². The molecule has 0 aliphatic rings. The van der Waals surface area contributed by atoms with Gasteiger partial charge in [0.25, 0.3) is 0 Å². The molecule has 0 saturated heterocycles. The summed E-state index contributed by atoms with van der Waals surface area (Å²) in [6.07, 6.45) is 1.77. The molecule has 0 bridgehead atoms. The average molecular weight is 510 g/mol. The predicted octanol–water partition coefficient (Wildman–Crippen LogP) is -0.620. The van der Waals surface area contributed by atoms with Crippen LogP contribution in [0.2, 0.25) is 0 Å². The van der Waals surface area contributed by atoms with E-state index in [-0.39, 0.29) is 6.42 Å². The summed E-state index contributed by atoms with van der Waals surface area (Å²) >= 11 is 1.50. The summed E-state index contributed by atoms with van der Waals surface area (Å²) in [5.74, 6) is -3.99. The maximum atomic E-state index is 13.0. The summed E-state index contributed by atoms with van der Waals surface area (Å²) in [4.78, 5) is 61.6. The molecule has 0 radical (unpaired) electrons. The molecule has 1 rings (SSSR count). The van der Waals surface area contributed by atoms with E-state index in [4.69, 9.17) is 11.5 Å². The molecule has 4 atom stereocenters. The standard InChI is InChI=1S/C23H35N5O6S/c1-13(2)19(23(33)34)28-22(32)16(11-14-7-5-4-6-8-14)27-21(31)17(12-18(25)29)26-20(30)15(24)9-10-35-3/h4-8,13,15-17,19H,9-12,24H2,1-3H3,(H2,25,29)(H,26,30)(H,27,31)(H,28,32)(H,33,34). The zero-order valence-corrected chi connectivity index (χ0v) is 21.0. The molecule has 0 aliphatic carbocycles. The summed E-state index contributed by atoms with van der Waals surface area (Å²) < 4.78 is 0. The van der Waals surface area contributed by atoms with Crippen LogP contribution in [0.1, 0.15) is 32.3 Å². The summed E-state index contributed by atoms with van der Waals surface area (Å²) in [6.45, 7) is 3.28. The Morgan fingerprint density at radius 3 is 2.03 bits per heavy atom. The second kappa shape index (κ2) is 15.0. The minimum Gasteiger partial charge on any atom is -0.480 e. The van der Waals surface area contributed by atoms with Gasteiger partial charge in [-0.05, 0) is 29.9 Å². The number of hydrogen-bond acceptors (Lipinski definition) is 7. The number of aliphatic carboxylic acids is 1. The number of carbonyl (C=O) groups excluding carboxylic acids is 4. The van der Waals surface area contributed by atoms with E-state index in [0.29, 0.717) is 17.7 Å². The number of nitrogens with one attached hydrogen (secondary N) is 3. The van der Waals surface area contributed by atoms with E-state index >= 15 is 0 Å². The lowest BCUT2D eigenvalue weighted by atomic mass is 10.0. The van der Waals surface area contributed by atoms with Gasteiger partial charge in [0.05, 0.1) is 12.5 Å². The van der Waals surface area contributed by atoms with Gasteiger partial charge in [-0.3, -0.25) is 19.2 Å². The smallest absolute Gasteiger partial charge is 0.326 e. The number of carboxylic acid groups (broad SMARTS) is 1. The molecule has 194 valence electrons. The minimum atomic E-state index is -1.35. The molecule has 0 saturated carbocycles. The predicted molar refractivity (Wildman–Crippen MR) is 133 cm³/mol. The first-order valence-corrected chi connectivity index (χ1v) is 12.6. The van der Waals surface area contributed by atoms with Crippen molar-refractivity contribution in [1.29, 1.82) is 0 Å². The number of benzene rings is 1. The van der Waals surface area contributed by atoms with Crippen molar-refractivity contribution in [2.75, 3.05) is 12.0 Å². The van der Waals surface area contributed by atoms with Gasteiger partial charge in [-0.15, -0.1) is 0 Å². The molecular formula is C23H35N5O6S. The van der Waals surface area contributed by atoms with Gasteiger partial charge in [0, 0.05) is 6.42 Å². The van der Waals surface area contributed by atoms with Crippen LogP contribution in [0.4, 0.5) is 0 Å². The summed E-state index contributed by atoms with van der Waals surface area (Å²) in [7, 11) is 0. The highest BCUT2D eigenvalue weighted by Crippen LogP contribution is 2.08. The number of primary amides is 1.